The molecule has 3 aromatic carbocycles. The largest absolute Gasteiger partial charge is 0.495 e. The predicted molar refractivity (Wildman–Crippen MR) is 136 cm³/mol. The number of likely N-dealkylation sites (N-methyl/N-ethyl adjacent to an activating group) is 1. The van der Waals surface area contributed by atoms with Gasteiger partial charge in [0, 0.05) is 29.4 Å². The van der Waals surface area contributed by atoms with Crippen LogP contribution in [0.5, 0.6) is 5.75 Å². The van der Waals surface area contributed by atoms with Gasteiger partial charge in [-0.25, -0.2) is 0 Å². The lowest BCUT2D eigenvalue weighted by Crippen LogP contribution is -2.42. The van der Waals surface area contributed by atoms with Crippen LogP contribution in [0.1, 0.15) is 38.3 Å². The molecule has 176 valence electrons. The Kier molecular flexibility index (Phi) is 6.98. The normalized spacial score (nSPS) is 15.4. The molecular weight excluding hydrogens is 426 g/mol. The highest BCUT2D eigenvalue weighted by Crippen LogP contribution is 2.31. The molecule has 1 atom stereocenters. The van der Waals surface area contributed by atoms with Gasteiger partial charge in [0.1, 0.15) is 5.75 Å². The fraction of sp³-hybridized carbons (Fsp3) is 0.286. The lowest BCUT2D eigenvalue weighted by molar-refractivity contribution is 0.0978. The van der Waals surface area contributed by atoms with E-state index in [4.69, 9.17) is 4.74 Å². The molecule has 6 nitrogen and oxygen atoms in total. The predicted octanol–water partition coefficient (Wildman–Crippen LogP) is 4.78. The molecule has 0 saturated carbocycles. The number of para-hydroxylation sites is 1. The van der Waals surface area contributed by atoms with Crippen molar-refractivity contribution < 1.29 is 14.3 Å². The number of benzene rings is 3. The number of rotatable bonds is 5. The van der Waals surface area contributed by atoms with Crippen molar-refractivity contribution in [3.8, 4) is 5.75 Å². The van der Waals surface area contributed by atoms with E-state index in [2.05, 4.69) is 30.4 Å². The van der Waals surface area contributed by atoms with Gasteiger partial charge in [0.05, 0.1) is 12.8 Å². The van der Waals surface area contributed by atoms with E-state index in [1.807, 2.05) is 48.2 Å². The average Bonchev–Trinajstić information content (AvgIpc) is 3.04. The molecule has 0 fully saturated rings. The molecule has 34 heavy (non-hydrogen) atoms. The summed E-state index contributed by atoms with van der Waals surface area (Å²) in [4.78, 5) is 30.6. The minimum Gasteiger partial charge on any atom is -0.495 e. The van der Waals surface area contributed by atoms with Crippen LogP contribution in [0.2, 0.25) is 0 Å². The highest BCUT2D eigenvalue weighted by Gasteiger charge is 2.28. The van der Waals surface area contributed by atoms with E-state index in [9.17, 15) is 9.59 Å². The van der Waals surface area contributed by atoms with Crippen LogP contribution in [-0.4, -0.2) is 50.5 Å². The van der Waals surface area contributed by atoms with Crippen LogP contribution in [0, 0.1) is 6.92 Å². The molecule has 4 rings (SSSR count). The van der Waals surface area contributed by atoms with Gasteiger partial charge in [-0.1, -0.05) is 36.4 Å². The van der Waals surface area contributed by atoms with E-state index in [0.29, 0.717) is 29.1 Å². The molecule has 1 unspecified atom stereocenters. The van der Waals surface area contributed by atoms with Crippen LogP contribution in [0.4, 0.5) is 11.4 Å². The zero-order valence-corrected chi connectivity index (χ0v) is 20.2. The number of methoxy groups -OCH3 is 1. The summed E-state index contributed by atoms with van der Waals surface area (Å²) in [5, 5.41) is 2.92. The first-order valence-corrected chi connectivity index (χ1v) is 11.5. The van der Waals surface area contributed by atoms with E-state index < -0.39 is 0 Å². The quantitative estimate of drug-likeness (QED) is 0.599. The summed E-state index contributed by atoms with van der Waals surface area (Å²) < 4.78 is 5.55. The van der Waals surface area contributed by atoms with Crippen LogP contribution in [0.25, 0.3) is 0 Å². The maximum Gasteiger partial charge on any atom is 0.258 e. The van der Waals surface area contributed by atoms with Crippen LogP contribution < -0.4 is 15.0 Å². The van der Waals surface area contributed by atoms with Gasteiger partial charge in [-0.15, -0.1) is 0 Å². The Labute approximate surface area is 201 Å². The number of anilines is 2. The van der Waals surface area contributed by atoms with Crippen molar-refractivity contribution in [3.05, 3.63) is 89.0 Å². The SMILES string of the molecule is COc1cc(C(=O)N2CC(N(C)C)CCc3ccccc32)ccc1NC(=O)c1ccccc1C. The molecule has 3 aromatic rings. The van der Waals surface area contributed by atoms with Crippen molar-refractivity contribution in [3.63, 3.8) is 0 Å². The minimum absolute atomic E-state index is 0.0868. The zero-order chi connectivity index (χ0) is 24.2. The summed E-state index contributed by atoms with van der Waals surface area (Å²) in [5.74, 6) is 0.141. The van der Waals surface area contributed by atoms with Crippen molar-refractivity contribution in [1.82, 2.24) is 4.90 Å². The van der Waals surface area contributed by atoms with Gasteiger partial charge in [-0.05, 0) is 75.3 Å². The van der Waals surface area contributed by atoms with Gasteiger partial charge in [0.15, 0.2) is 0 Å². The number of aryl methyl sites for hydroxylation is 2. The number of hydrogen-bond donors (Lipinski definition) is 1. The summed E-state index contributed by atoms with van der Waals surface area (Å²) >= 11 is 0. The van der Waals surface area contributed by atoms with Crippen molar-refractivity contribution in [2.45, 2.75) is 25.8 Å². The zero-order valence-electron chi connectivity index (χ0n) is 20.2. The summed E-state index contributed by atoms with van der Waals surface area (Å²) in [6.45, 7) is 2.50. The Balaban J connectivity index is 1.63. The molecule has 0 aliphatic carbocycles. The molecule has 0 radical (unpaired) electrons. The molecule has 0 bridgehead atoms. The summed E-state index contributed by atoms with van der Waals surface area (Å²) in [6, 6.07) is 21.0. The first-order chi connectivity index (χ1) is 16.4. The molecule has 6 heteroatoms. The van der Waals surface area contributed by atoms with E-state index in [-0.39, 0.29) is 17.9 Å². The third-order valence-corrected chi connectivity index (χ3v) is 6.48. The second-order valence-electron chi connectivity index (χ2n) is 8.88. The first-order valence-electron chi connectivity index (χ1n) is 11.5. The van der Waals surface area contributed by atoms with Gasteiger partial charge in [0.2, 0.25) is 0 Å². The molecule has 1 N–H and O–H groups in total. The summed E-state index contributed by atoms with van der Waals surface area (Å²) in [7, 11) is 5.65. The molecule has 1 aliphatic rings. The van der Waals surface area contributed by atoms with E-state index >= 15 is 0 Å². The number of amides is 2. The highest BCUT2D eigenvalue weighted by molar-refractivity contribution is 6.09. The lowest BCUT2D eigenvalue weighted by atomic mass is 10.1. The van der Waals surface area contributed by atoms with E-state index in [1.165, 1.54) is 12.7 Å². The minimum atomic E-state index is -0.217. The fourth-order valence-electron chi connectivity index (χ4n) is 4.42. The number of ether oxygens (including phenoxy) is 1. The number of carbonyl (C=O) groups is 2. The maximum absolute atomic E-state index is 13.7. The smallest absolute Gasteiger partial charge is 0.258 e. The second kappa shape index (κ2) is 10.1. The Morgan fingerprint density at radius 1 is 1.03 bits per heavy atom. The van der Waals surface area contributed by atoms with Gasteiger partial charge < -0.3 is 19.9 Å². The van der Waals surface area contributed by atoms with E-state index in [0.717, 1.165) is 24.1 Å². The standard InChI is InChI=1S/C28H31N3O3/c1-19-9-5-7-11-23(19)27(32)29-24-16-14-21(17-26(24)34-4)28(33)31-18-22(30(2)3)15-13-20-10-6-8-12-25(20)31/h5-12,14,16-17,22H,13,15,18H2,1-4H3,(H,29,32). The van der Waals surface area contributed by atoms with Gasteiger partial charge in [-0.2, -0.15) is 0 Å². The lowest BCUT2D eigenvalue weighted by Gasteiger charge is -2.29. The van der Waals surface area contributed by atoms with Crippen molar-refractivity contribution in [2.24, 2.45) is 0 Å². The molecular formula is C28H31N3O3. The Morgan fingerprint density at radius 3 is 2.50 bits per heavy atom. The van der Waals surface area contributed by atoms with Gasteiger partial charge in [0.25, 0.3) is 11.8 Å². The average molecular weight is 458 g/mol. The molecule has 2 amide bonds. The van der Waals surface area contributed by atoms with Crippen molar-refractivity contribution >= 4 is 23.2 Å². The van der Waals surface area contributed by atoms with Crippen molar-refractivity contribution in [2.75, 3.05) is 38.0 Å². The number of nitrogens with zero attached hydrogens (tertiary/aromatic N) is 2. The molecule has 0 spiro atoms. The molecule has 1 heterocycles. The Bertz CT molecular complexity index is 1210. The van der Waals surface area contributed by atoms with Crippen LogP contribution >= 0.6 is 0 Å². The molecule has 1 aliphatic heterocycles. The number of hydrogen-bond acceptors (Lipinski definition) is 4. The number of fused-ring (bicyclic) bond motifs is 1. The van der Waals surface area contributed by atoms with Crippen LogP contribution in [0.15, 0.2) is 66.7 Å². The third-order valence-electron chi connectivity index (χ3n) is 6.48. The first kappa shape index (κ1) is 23.5. The fourth-order valence-corrected chi connectivity index (χ4v) is 4.42. The Hall–Kier alpha value is -3.64. The van der Waals surface area contributed by atoms with Crippen LogP contribution in [0.3, 0.4) is 0 Å². The molecule has 0 saturated heterocycles. The number of carbonyl (C=O) groups excluding carboxylic acids is 2. The summed E-state index contributed by atoms with van der Waals surface area (Å²) in [5.41, 5.74) is 4.65. The Morgan fingerprint density at radius 2 is 1.76 bits per heavy atom. The van der Waals surface area contributed by atoms with Gasteiger partial charge >= 0.3 is 0 Å². The van der Waals surface area contributed by atoms with Crippen LogP contribution in [-0.2, 0) is 6.42 Å². The van der Waals surface area contributed by atoms with Crippen molar-refractivity contribution in [1.29, 1.82) is 0 Å². The highest BCUT2D eigenvalue weighted by atomic mass is 16.5. The summed E-state index contributed by atoms with van der Waals surface area (Å²) in [6.07, 6.45) is 1.91. The number of nitrogens with one attached hydrogen (secondary N) is 1. The van der Waals surface area contributed by atoms with E-state index in [1.54, 1.807) is 24.3 Å². The second-order valence-corrected chi connectivity index (χ2v) is 8.88. The monoisotopic (exact) mass is 457 g/mol. The third kappa shape index (κ3) is 4.82. The topological polar surface area (TPSA) is 61.9 Å². The molecule has 0 aromatic heterocycles. The maximum atomic E-state index is 13.7. The van der Waals surface area contributed by atoms with Gasteiger partial charge in [-0.3, -0.25) is 9.59 Å².